The van der Waals surface area contributed by atoms with E-state index in [1.807, 2.05) is 66.1 Å². The smallest absolute Gasteiger partial charge is 0.199 e. The molecule has 1 aliphatic rings. The average Bonchev–Trinajstić information content (AvgIpc) is 3.14. The number of hydrogen-bond donors (Lipinski definition) is 0. The van der Waals surface area contributed by atoms with Gasteiger partial charge in [0.2, 0.25) is 0 Å². The molecular weight excluding hydrogens is 304 g/mol. The van der Waals surface area contributed by atoms with Gasteiger partial charge in [-0.05, 0) is 23.4 Å². The summed E-state index contributed by atoms with van der Waals surface area (Å²) in [7, 11) is 0. The highest BCUT2D eigenvalue weighted by Crippen LogP contribution is 2.31. The standard InChI is InChI=1S/C20H18O2S/c1-15(22-14-16-8-3-2-4-9-16)17-10-5-6-11-18(17)20(21)19-12-7-13-23-19/h2-9,11-13,17H,1,10,14H2. The van der Waals surface area contributed by atoms with Crippen LogP contribution in [0, 0.1) is 5.92 Å². The van der Waals surface area contributed by atoms with Crippen molar-refractivity contribution in [2.45, 2.75) is 13.0 Å². The molecule has 0 spiro atoms. The number of Topliss-reactive ketones (excluding diaryl/α,β-unsaturated/α-hetero) is 1. The summed E-state index contributed by atoms with van der Waals surface area (Å²) in [6.07, 6.45) is 6.61. The average molecular weight is 322 g/mol. The van der Waals surface area contributed by atoms with Crippen LogP contribution in [0.15, 0.2) is 84.0 Å². The van der Waals surface area contributed by atoms with Crippen LogP contribution in [0.2, 0.25) is 0 Å². The van der Waals surface area contributed by atoms with Gasteiger partial charge in [-0.2, -0.15) is 0 Å². The highest BCUT2D eigenvalue weighted by atomic mass is 32.1. The SMILES string of the molecule is C=C(OCc1ccccc1)C1CC=CC=C1C(=O)c1cccs1. The minimum atomic E-state index is -0.0849. The van der Waals surface area contributed by atoms with Crippen molar-refractivity contribution in [3.63, 3.8) is 0 Å². The van der Waals surface area contributed by atoms with Gasteiger partial charge in [-0.25, -0.2) is 0 Å². The van der Waals surface area contributed by atoms with Crippen LogP contribution in [0.3, 0.4) is 0 Å². The molecule has 0 radical (unpaired) electrons. The molecule has 0 bridgehead atoms. The zero-order chi connectivity index (χ0) is 16.1. The molecule has 0 N–H and O–H groups in total. The summed E-state index contributed by atoms with van der Waals surface area (Å²) >= 11 is 1.46. The predicted molar refractivity (Wildman–Crippen MR) is 94.4 cm³/mol. The van der Waals surface area contributed by atoms with Crippen LogP contribution in [-0.4, -0.2) is 5.78 Å². The molecule has 2 nitrogen and oxygen atoms in total. The van der Waals surface area contributed by atoms with E-state index in [2.05, 4.69) is 6.58 Å². The summed E-state index contributed by atoms with van der Waals surface area (Å²) in [5.41, 5.74) is 1.85. The molecule has 1 atom stereocenters. The maximum absolute atomic E-state index is 12.7. The molecule has 3 heteroatoms. The molecule has 0 fully saturated rings. The van der Waals surface area contributed by atoms with E-state index in [1.54, 1.807) is 0 Å². The number of carbonyl (C=O) groups is 1. The highest BCUT2D eigenvalue weighted by Gasteiger charge is 2.26. The molecule has 1 aliphatic carbocycles. The first kappa shape index (κ1) is 15.5. The van der Waals surface area contributed by atoms with E-state index >= 15 is 0 Å². The van der Waals surface area contributed by atoms with Crippen molar-refractivity contribution in [3.8, 4) is 0 Å². The fraction of sp³-hybridized carbons (Fsp3) is 0.150. The molecule has 1 heterocycles. The minimum absolute atomic E-state index is 0.0683. The molecule has 0 saturated heterocycles. The molecule has 3 rings (SSSR count). The van der Waals surface area contributed by atoms with E-state index in [9.17, 15) is 4.79 Å². The van der Waals surface area contributed by atoms with Gasteiger partial charge in [-0.1, -0.05) is 61.2 Å². The van der Waals surface area contributed by atoms with Gasteiger partial charge in [0.1, 0.15) is 6.61 Å². The zero-order valence-electron chi connectivity index (χ0n) is 12.8. The topological polar surface area (TPSA) is 26.3 Å². The molecule has 1 aromatic carbocycles. The van der Waals surface area contributed by atoms with Crippen LogP contribution >= 0.6 is 11.3 Å². The molecule has 0 saturated carbocycles. The van der Waals surface area contributed by atoms with Gasteiger partial charge in [0, 0.05) is 11.5 Å². The summed E-state index contributed by atoms with van der Waals surface area (Å²) in [5.74, 6) is 0.631. The Balaban J connectivity index is 1.70. The first-order chi connectivity index (χ1) is 11.3. The van der Waals surface area contributed by atoms with Crippen molar-refractivity contribution in [1.82, 2.24) is 0 Å². The molecule has 1 unspecified atom stereocenters. The van der Waals surface area contributed by atoms with Gasteiger partial charge in [0.15, 0.2) is 5.78 Å². The van der Waals surface area contributed by atoms with E-state index in [1.165, 1.54) is 11.3 Å². The highest BCUT2D eigenvalue weighted by molar-refractivity contribution is 7.12. The third-order valence-corrected chi connectivity index (χ3v) is 4.69. The minimum Gasteiger partial charge on any atom is -0.493 e. The predicted octanol–water partition coefficient (Wildman–Crippen LogP) is 5.16. The van der Waals surface area contributed by atoms with Crippen LogP contribution in [0.5, 0.6) is 0 Å². The number of benzene rings is 1. The first-order valence-electron chi connectivity index (χ1n) is 7.56. The number of ether oxygens (including phenoxy) is 1. The summed E-state index contributed by atoms with van der Waals surface area (Å²) in [5, 5.41) is 1.92. The Labute approximate surface area is 140 Å². The summed E-state index contributed by atoms with van der Waals surface area (Å²) in [4.78, 5) is 13.4. The van der Waals surface area contributed by atoms with Crippen molar-refractivity contribution in [2.24, 2.45) is 5.92 Å². The lowest BCUT2D eigenvalue weighted by molar-refractivity contribution is 0.101. The summed E-state index contributed by atoms with van der Waals surface area (Å²) in [6, 6.07) is 13.7. The fourth-order valence-corrected chi connectivity index (χ4v) is 3.25. The molecule has 116 valence electrons. The van der Waals surface area contributed by atoms with Gasteiger partial charge in [0.05, 0.1) is 10.6 Å². The third-order valence-electron chi connectivity index (χ3n) is 3.82. The van der Waals surface area contributed by atoms with Gasteiger partial charge in [0.25, 0.3) is 0 Å². The van der Waals surface area contributed by atoms with Gasteiger partial charge in [-0.15, -0.1) is 11.3 Å². The second-order valence-corrected chi connectivity index (χ2v) is 6.33. The van der Waals surface area contributed by atoms with Crippen molar-refractivity contribution in [1.29, 1.82) is 0 Å². The van der Waals surface area contributed by atoms with Crippen LogP contribution < -0.4 is 0 Å². The van der Waals surface area contributed by atoms with Gasteiger partial charge >= 0.3 is 0 Å². The van der Waals surface area contributed by atoms with E-state index < -0.39 is 0 Å². The Hall–Kier alpha value is -2.39. The molecule has 0 amide bonds. The maximum atomic E-state index is 12.7. The van der Waals surface area contributed by atoms with Crippen molar-refractivity contribution < 1.29 is 9.53 Å². The third kappa shape index (κ3) is 3.69. The number of carbonyl (C=O) groups excluding carboxylic acids is 1. The Kier molecular flexibility index (Phi) is 4.89. The second kappa shape index (κ2) is 7.25. The lowest BCUT2D eigenvalue weighted by Crippen LogP contribution is -2.17. The number of rotatable bonds is 6. The van der Waals surface area contributed by atoms with E-state index in [0.717, 1.165) is 22.4 Å². The fourth-order valence-electron chi connectivity index (χ4n) is 2.57. The Morgan fingerprint density at radius 1 is 1.22 bits per heavy atom. The van der Waals surface area contributed by atoms with E-state index in [4.69, 9.17) is 4.74 Å². The van der Waals surface area contributed by atoms with E-state index in [0.29, 0.717) is 12.4 Å². The van der Waals surface area contributed by atoms with Crippen molar-refractivity contribution in [3.05, 3.63) is 94.4 Å². The number of thiophene rings is 1. The van der Waals surface area contributed by atoms with Crippen molar-refractivity contribution >= 4 is 17.1 Å². The summed E-state index contributed by atoms with van der Waals surface area (Å²) in [6.45, 7) is 4.53. The normalized spacial score (nSPS) is 16.7. The quantitative estimate of drug-likeness (QED) is 0.542. The monoisotopic (exact) mass is 322 g/mol. The molecular formula is C20H18O2S. The molecule has 2 aromatic rings. The molecule has 1 aromatic heterocycles. The largest absolute Gasteiger partial charge is 0.493 e. The lowest BCUT2D eigenvalue weighted by Gasteiger charge is -2.23. The van der Waals surface area contributed by atoms with Crippen LogP contribution in [0.4, 0.5) is 0 Å². The summed E-state index contributed by atoms with van der Waals surface area (Å²) < 4.78 is 5.85. The van der Waals surface area contributed by atoms with Crippen LogP contribution in [0.1, 0.15) is 21.7 Å². The Morgan fingerprint density at radius 2 is 2.04 bits per heavy atom. The van der Waals surface area contributed by atoms with Gasteiger partial charge in [-0.3, -0.25) is 4.79 Å². The molecule has 0 aliphatic heterocycles. The first-order valence-corrected chi connectivity index (χ1v) is 8.44. The van der Waals surface area contributed by atoms with Crippen LogP contribution in [-0.2, 0) is 11.3 Å². The van der Waals surface area contributed by atoms with Crippen molar-refractivity contribution in [2.75, 3.05) is 0 Å². The lowest BCUT2D eigenvalue weighted by atomic mass is 9.87. The Bertz CT molecular complexity index is 739. The zero-order valence-corrected chi connectivity index (χ0v) is 13.6. The van der Waals surface area contributed by atoms with Gasteiger partial charge < -0.3 is 4.74 Å². The number of hydrogen-bond acceptors (Lipinski definition) is 3. The van der Waals surface area contributed by atoms with E-state index in [-0.39, 0.29) is 11.7 Å². The van der Waals surface area contributed by atoms with Crippen LogP contribution in [0.25, 0.3) is 0 Å². The number of ketones is 1. The second-order valence-electron chi connectivity index (χ2n) is 5.39. The molecule has 23 heavy (non-hydrogen) atoms. The Morgan fingerprint density at radius 3 is 2.78 bits per heavy atom. The number of allylic oxidation sites excluding steroid dienone is 4. The maximum Gasteiger partial charge on any atom is 0.199 e.